The first kappa shape index (κ1) is 12.8. The van der Waals surface area contributed by atoms with Crippen LogP contribution in [0, 0.1) is 25.2 Å². The first-order valence-electron chi connectivity index (χ1n) is 6.43. The van der Waals surface area contributed by atoms with E-state index in [0.29, 0.717) is 0 Å². The van der Waals surface area contributed by atoms with Crippen molar-refractivity contribution in [3.63, 3.8) is 0 Å². The molecule has 1 fully saturated rings. The zero-order valence-electron chi connectivity index (χ0n) is 11.4. The molecule has 2 rings (SSSR count). The Kier molecular flexibility index (Phi) is 3.83. The SMILES string of the molecule is Cc1cc(N2CCCN(C)CC2)c(C#N)c(C)n1. The quantitative estimate of drug-likeness (QED) is 0.754. The monoisotopic (exact) mass is 244 g/mol. The Bertz CT molecular complexity index is 475. The number of pyridine rings is 1. The van der Waals surface area contributed by atoms with Gasteiger partial charge in [-0.3, -0.25) is 4.98 Å². The van der Waals surface area contributed by atoms with Crippen LogP contribution in [0.5, 0.6) is 0 Å². The molecule has 0 atom stereocenters. The predicted octanol–water partition coefficient (Wildman–Crippen LogP) is 1.71. The van der Waals surface area contributed by atoms with Crippen LogP contribution in [0.3, 0.4) is 0 Å². The maximum absolute atomic E-state index is 9.32. The van der Waals surface area contributed by atoms with Gasteiger partial charge in [-0.15, -0.1) is 0 Å². The molecule has 0 spiro atoms. The molecular weight excluding hydrogens is 224 g/mol. The van der Waals surface area contributed by atoms with Crippen LogP contribution < -0.4 is 4.90 Å². The van der Waals surface area contributed by atoms with Crippen LogP contribution in [-0.2, 0) is 0 Å². The molecule has 18 heavy (non-hydrogen) atoms. The molecule has 0 aliphatic carbocycles. The lowest BCUT2D eigenvalue weighted by atomic mass is 10.1. The molecule has 0 amide bonds. The Morgan fingerprint density at radius 3 is 2.72 bits per heavy atom. The van der Waals surface area contributed by atoms with Crippen LogP contribution >= 0.6 is 0 Å². The number of anilines is 1. The Hall–Kier alpha value is -1.60. The summed E-state index contributed by atoms with van der Waals surface area (Å²) in [5.41, 5.74) is 3.60. The molecule has 0 radical (unpaired) electrons. The number of aromatic nitrogens is 1. The molecule has 96 valence electrons. The van der Waals surface area contributed by atoms with Gasteiger partial charge in [-0.1, -0.05) is 0 Å². The van der Waals surface area contributed by atoms with E-state index in [-0.39, 0.29) is 0 Å². The number of hydrogen-bond acceptors (Lipinski definition) is 4. The number of hydrogen-bond donors (Lipinski definition) is 0. The Balaban J connectivity index is 2.35. The fraction of sp³-hybridized carbons (Fsp3) is 0.571. The molecule has 1 saturated heterocycles. The van der Waals surface area contributed by atoms with Crippen molar-refractivity contribution in [1.82, 2.24) is 9.88 Å². The van der Waals surface area contributed by atoms with Crippen molar-refractivity contribution in [2.45, 2.75) is 20.3 Å². The Morgan fingerprint density at radius 1 is 1.22 bits per heavy atom. The summed E-state index contributed by atoms with van der Waals surface area (Å²) >= 11 is 0. The van der Waals surface area contributed by atoms with E-state index in [0.717, 1.165) is 55.2 Å². The highest BCUT2D eigenvalue weighted by atomic mass is 15.2. The lowest BCUT2D eigenvalue weighted by molar-refractivity contribution is 0.360. The number of likely N-dealkylation sites (N-methyl/N-ethyl adjacent to an activating group) is 1. The summed E-state index contributed by atoms with van der Waals surface area (Å²) in [5.74, 6) is 0. The van der Waals surface area contributed by atoms with Gasteiger partial charge in [-0.25, -0.2) is 0 Å². The first-order chi connectivity index (χ1) is 8.61. The van der Waals surface area contributed by atoms with Gasteiger partial charge in [0.25, 0.3) is 0 Å². The van der Waals surface area contributed by atoms with Crippen molar-refractivity contribution < 1.29 is 0 Å². The van der Waals surface area contributed by atoms with Crippen LogP contribution in [0.2, 0.25) is 0 Å². The summed E-state index contributed by atoms with van der Waals surface area (Å²) in [6.07, 6.45) is 1.14. The summed E-state index contributed by atoms with van der Waals surface area (Å²) in [4.78, 5) is 9.04. The molecule has 4 nitrogen and oxygen atoms in total. The predicted molar refractivity (Wildman–Crippen MR) is 72.8 cm³/mol. The molecule has 0 saturated carbocycles. The highest BCUT2D eigenvalue weighted by Gasteiger charge is 2.17. The largest absolute Gasteiger partial charge is 0.369 e. The lowest BCUT2D eigenvalue weighted by Gasteiger charge is -2.24. The normalized spacial score (nSPS) is 17.3. The van der Waals surface area contributed by atoms with E-state index in [4.69, 9.17) is 0 Å². The minimum absolute atomic E-state index is 0.727. The van der Waals surface area contributed by atoms with E-state index in [9.17, 15) is 5.26 Å². The maximum atomic E-state index is 9.32. The molecule has 4 heteroatoms. The van der Waals surface area contributed by atoms with E-state index in [1.54, 1.807) is 0 Å². The number of aryl methyl sites for hydroxylation is 2. The van der Waals surface area contributed by atoms with Gasteiger partial charge in [-0.05, 0) is 39.9 Å². The van der Waals surface area contributed by atoms with Crippen LogP contribution in [0.15, 0.2) is 6.07 Å². The van der Waals surface area contributed by atoms with Crippen molar-refractivity contribution in [2.24, 2.45) is 0 Å². The zero-order chi connectivity index (χ0) is 13.1. The number of rotatable bonds is 1. The highest BCUT2D eigenvalue weighted by Crippen LogP contribution is 2.24. The standard InChI is InChI=1S/C14H20N4/c1-11-9-14(13(10-15)12(2)16-11)18-6-4-5-17(3)7-8-18/h9H,4-8H2,1-3H3. The average molecular weight is 244 g/mol. The van der Waals surface area contributed by atoms with Crippen molar-refractivity contribution in [1.29, 1.82) is 5.26 Å². The van der Waals surface area contributed by atoms with Gasteiger partial charge in [0.2, 0.25) is 0 Å². The van der Waals surface area contributed by atoms with Crippen LogP contribution in [0.1, 0.15) is 23.4 Å². The van der Waals surface area contributed by atoms with Gasteiger partial charge in [0.15, 0.2) is 0 Å². The van der Waals surface area contributed by atoms with Crippen molar-refractivity contribution in [3.05, 3.63) is 23.0 Å². The maximum Gasteiger partial charge on any atom is 0.103 e. The van der Waals surface area contributed by atoms with E-state index >= 15 is 0 Å². The summed E-state index contributed by atoms with van der Waals surface area (Å²) in [6, 6.07) is 4.34. The van der Waals surface area contributed by atoms with E-state index in [1.807, 2.05) is 19.9 Å². The zero-order valence-corrected chi connectivity index (χ0v) is 11.4. The second-order valence-electron chi connectivity index (χ2n) is 5.00. The van der Waals surface area contributed by atoms with Crippen molar-refractivity contribution in [2.75, 3.05) is 38.1 Å². The topological polar surface area (TPSA) is 43.2 Å². The fourth-order valence-corrected chi connectivity index (χ4v) is 2.48. The Morgan fingerprint density at radius 2 is 2.00 bits per heavy atom. The number of nitriles is 1. The highest BCUT2D eigenvalue weighted by molar-refractivity contribution is 5.61. The number of nitrogens with zero attached hydrogens (tertiary/aromatic N) is 4. The molecule has 1 aromatic heterocycles. The van der Waals surface area contributed by atoms with Gasteiger partial charge in [0.1, 0.15) is 6.07 Å². The fourth-order valence-electron chi connectivity index (χ4n) is 2.48. The summed E-state index contributed by atoms with van der Waals surface area (Å²) in [5, 5.41) is 9.32. The van der Waals surface area contributed by atoms with Gasteiger partial charge in [-0.2, -0.15) is 5.26 Å². The second-order valence-corrected chi connectivity index (χ2v) is 5.00. The third kappa shape index (κ3) is 2.62. The van der Waals surface area contributed by atoms with Crippen LogP contribution in [0.4, 0.5) is 5.69 Å². The van der Waals surface area contributed by atoms with E-state index in [1.165, 1.54) is 0 Å². The van der Waals surface area contributed by atoms with Gasteiger partial charge < -0.3 is 9.80 Å². The van der Waals surface area contributed by atoms with Crippen molar-refractivity contribution >= 4 is 5.69 Å². The molecule has 0 unspecified atom stereocenters. The molecule has 2 heterocycles. The summed E-state index contributed by atoms with van der Waals surface area (Å²) in [7, 11) is 2.15. The molecular formula is C14H20N4. The van der Waals surface area contributed by atoms with Gasteiger partial charge in [0, 0.05) is 25.3 Å². The first-order valence-corrected chi connectivity index (χ1v) is 6.43. The molecule has 1 aliphatic rings. The van der Waals surface area contributed by atoms with Gasteiger partial charge in [0.05, 0.1) is 16.9 Å². The molecule has 1 aliphatic heterocycles. The van der Waals surface area contributed by atoms with E-state index < -0.39 is 0 Å². The molecule has 0 aromatic carbocycles. The third-order valence-electron chi connectivity index (χ3n) is 3.48. The second kappa shape index (κ2) is 5.36. The van der Waals surface area contributed by atoms with Crippen molar-refractivity contribution in [3.8, 4) is 6.07 Å². The van der Waals surface area contributed by atoms with E-state index in [2.05, 4.69) is 27.9 Å². The minimum Gasteiger partial charge on any atom is -0.369 e. The minimum atomic E-state index is 0.727. The summed E-state index contributed by atoms with van der Waals surface area (Å²) in [6.45, 7) is 8.07. The summed E-state index contributed by atoms with van der Waals surface area (Å²) < 4.78 is 0. The molecule has 1 aromatic rings. The average Bonchev–Trinajstić information content (AvgIpc) is 2.53. The lowest BCUT2D eigenvalue weighted by Crippen LogP contribution is -2.29. The van der Waals surface area contributed by atoms with Gasteiger partial charge >= 0.3 is 0 Å². The van der Waals surface area contributed by atoms with Crippen LogP contribution in [-0.4, -0.2) is 43.1 Å². The molecule has 0 bridgehead atoms. The van der Waals surface area contributed by atoms with Crippen LogP contribution in [0.25, 0.3) is 0 Å². The molecule has 0 N–H and O–H groups in total. The smallest absolute Gasteiger partial charge is 0.103 e. The Labute approximate surface area is 109 Å². The third-order valence-corrected chi connectivity index (χ3v) is 3.48.